The van der Waals surface area contributed by atoms with Gasteiger partial charge >= 0.3 is 0 Å². The SMILES string of the molecule is C=CCn1c(=NC(=O)c2ccc(N3CCCCC3)c([N+](=O)[O-])c2)sc2cc(C(C)C)ccc21. The number of hydrogen-bond donors (Lipinski definition) is 0. The Labute approximate surface area is 196 Å². The minimum Gasteiger partial charge on any atom is -0.366 e. The van der Waals surface area contributed by atoms with E-state index in [1.54, 1.807) is 18.2 Å². The summed E-state index contributed by atoms with van der Waals surface area (Å²) in [6.07, 6.45) is 4.93. The van der Waals surface area contributed by atoms with Crippen molar-refractivity contribution in [1.29, 1.82) is 0 Å². The molecule has 1 saturated heterocycles. The van der Waals surface area contributed by atoms with Crippen molar-refractivity contribution in [2.75, 3.05) is 18.0 Å². The Morgan fingerprint density at radius 1 is 1.21 bits per heavy atom. The third kappa shape index (κ3) is 4.75. The summed E-state index contributed by atoms with van der Waals surface area (Å²) in [5, 5.41) is 11.8. The first kappa shape index (κ1) is 22.9. The van der Waals surface area contributed by atoms with Crippen molar-refractivity contribution in [3.8, 4) is 0 Å². The van der Waals surface area contributed by atoms with Crippen molar-refractivity contribution in [1.82, 2.24) is 4.57 Å². The molecular weight excluding hydrogens is 436 g/mol. The van der Waals surface area contributed by atoms with E-state index < -0.39 is 10.8 Å². The molecule has 0 saturated carbocycles. The van der Waals surface area contributed by atoms with Crippen LogP contribution in [0.2, 0.25) is 0 Å². The summed E-state index contributed by atoms with van der Waals surface area (Å²) < 4.78 is 2.99. The number of benzene rings is 2. The monoisotopic (exact) mass is 464 g/mol. The number of anilines is 1. The third-order valence-electron chi connectivity index (χ3n) is 6.00. The predicted octanol–water partition coefficient (Wildman–Crippen LogP) is 5.65. The van der Waals surface area contributed by atoms with Crippen molar-refractivity contribution in [3.63, 3.8) is 0 Å². The Morgan fingerprint density at radius 2 is 1.97 bits per heavy atom. The molecule has 8 heteroatoms. The van der Waals surface area contributed by atoms with E-state index in [1.807, 2.05) is 15.5 Å². The second kappa shape index (κ2) is 9.70. The van der Waals surface area contributed by atoms with Crippen molar-refractivity contribution < 1.29 is 9.72 Å². The van der Waals surface area contributed by atoms with E-state index in [4.69, 9.17) is 0 Å². The van der Waals surface area contributed by atoms with E-state index in [0.29, 0.717) is 23.0 Å². The Hall–Kier alpha value is -3.26. The molecule has 2 aromatic carbocycles. The largest absolute Gasteiger partial charge is 0.366 e. The van der Waals surface area contributed by atoms with E-state index in [2.05, 4.69) is 37.6 Å². The van der Waals surface area contributed by atoms with Gasteiger partial charge in [-0.1, -0.05) is 37.3 Å². The van der Waals surface area contributed by atoms with E-state index in [9.17, 15) is 14.9 Å². The van der Waals surface area contributed by atoms with Crippen LogP contribution in [0.25, 0.3) is 10.2 Å². The van der Waals surface area contributed by atoms with Gasteiger partial charge in [0.1, 0.15) is 5.69 Å². The summed E-state index contributed by atoms with van der Waals surface area (Å²) in [6, 6.07) is 11.0. The van der Waals surface area contributed by atoms with Crippen LogP contribution >= 0.6 is 11.3 Å². The lowest BCUT2D eigenvalue weighted by Gasteiger charge is -2.28. The molecule has 1 aliphatic rings. The molecule has 0 spiro atoms. The lowest BCUT2D eigenvalue weighted by Crippen LogP contribution is -2.30. The van der Waals surface area contributed by atoms with Gasteiger partial charge in [-0.05, 0) is 55.0 Å². The highest BCUT2D eigenvalue weighted by atomic mass is 32.1. The lowest BCUT2D eigenvalue weighted by atomic mass is 10.0. The van der Waals surface area contributed by atoms with Crippen LogP contribution in [0.3, 0.4) is 0 Å². The Balaban J connectivity index is 1.75. The normalized spacial score (nSPS) is 14.8. The maximum atomic E-state index is 13.0. The van der Waals surface area contributed by atoms with E-state index >= 15 is 0 Å². The molecule has 0 atom stereocenters. The Bertz CT molecular complexity index is 1280. The van der Waals surface area contributed by atoms with Gasteiger partial charge in [0.05, 0.1) is 15.1 Å². The number of rotatable bonds is 6. The topological polar surface area (TPSA) is 80.7 Å². The molecular formula is C25H28N4O3S. The molecule has 33 heavy (non-hydrogen) atoms. The Morgan fingerprint density at radius 3 is 2.64 bits per heavy atom. The zero-order valence-corrected chi connectivity index (χ0v) is 19.8. The average Bonchev–Trinajstić information content (AvgIpc) is 3.15. The number of nitrogens with zero attached hydrogens (tertiary/aromatic N) is 4. The van der Waals surface area contributed by atoms with Crippen LogP contribution in [0.4, 0.5) is 11.4 Å². The minimum absolute atomic E-state index is 0.0465. The van der Waals surface area contributed by atoms with Crippen LogP contribution in [-0.4, -0.2) is 28.5 Å². The molecule has 1 fully saturated rings. The molecule has 7 nitrogen and oxygen atoms in total. The smallest absolute Gasteiger partial charge is 0.293 e. The number of nitro groups is 1. The molecule has 4 rings (SSSR count). The molecule has 2 heterocycles. The number of piperidine rings is 1. The first-order valence-corrected chi connectivity index (χ1v) is 12.1. The number of fused-ring (bicyclic) bond motifs is 1. The van der Waals surface area contributed by atoms with Gasteiger partial charge in [-0.2, -0.15) is 4.99 Å². The molecule has 1 aromatic heterocycles. The number of amides is 1. The highest BCUT2D eigenvalue weighted by molar-refractivity contribution is 7.16. The molecule has 0 unspecified atom stereocenters. The number of nitro benzene ring substituents is 1. The van der Waals surface area contributed by atoms with Gasteiger partial charge in [0.25, 0.3) is 11.6 Å². The summed E-state index contributed by atoms with van der Waals surface area (Å²) in [5.74, 6) is -0.0953. The summed E-state index contributed by atoms with van der Waals surface area (Å²) in [5.41, 5.74) is 2.95. The van der Waals surface area contributed by atoms with Crippen molar-refractivity contribution in [2.24, 2.45) is 4.99 Å². The van der Waals surface area contributed by atoms with E-state index in [1.165, 1.54) is 23.0 Å². The minimum atomic E-state index is -0.489. The quantitative estimate of drug-likeness (QED) is 0.268. The second-order valence-electron chi connectivity index (χ2n) is 8.59. The zero-order chi connectivity index (χ0) is 23.5. The van der Waals surface area contributed by atoms with Crippen LogP contribution in [0.1, 0.15) is 54.9 Å². The maximum Gasteiger partial charge on any atom is 0.293 e. The number of allylic oxidation sites excluding steroid dienone is 1. The standard InChI is InChI=1S/C25H28N4O3S/c1-4-12-28-21-11-8-18(17(2)3)16-23(21)33-25(28)26-24(30)19-9-10-20(22(15-19)29(31)32)27-13-6-5-7-14-27/h4,8-11,15-17H,1,5-7,12-14H2,2-3H3. The van der Waals surface area contributed by atoms with Crippen molar-refractivity contribution >= 4 is 38.8 Å². The molecule has 0 radical (unpaired) electrons. The number of hydrogen-bond acceptors (Lipinski definition) is 5. The highest BCUT2D eigenvalue weighted by Crippen LogP contribution is 2.31. The number of carbonyl (C=O) groups is 1. The fraction of sp³-hybridized carbons (Fsp3) is 0.360. The second-order valence-corrected chi connectivity index (χ2v) is 9.60. The molecule has 1 amide bonds. The summed E-state index contributed by atoms with van der Waals surface area (Å²) in [4.78, 5) is 31.3. The van der Waals surface area contributed by atoms with Crippen molar-refractivity contribution in [2.45, 2.75) is 45.6 Å². The zero-order valence-electron chi connectivity index (χ0n) is 19.0. The predicted molar refractivity (Wildman–Crippen MR) is 133 cm³/mol. The van der Waals surface area contributed by atoms with Gasteiger partial charge in [-0.3, -0.25) is 14.9 Å². The molecule has 0 bridgehead atoms. The summed E-state index contributed by atoms with van der Waals surface area (Å²) >= 11 is 1.44. The number of aromatic nitrogens is 1. The van der Waals surface area contributed by atoms with Crippen LogP contribution in [-0.2, 0) is 6.54 Å². The summed E-state index contributed by atoms with van der Waals surface area (Å²) in [7, 11) is 0. The Kier molecular flexibility index (Phi) is 6.74. The van der Waals surface area contributed by atoms with Gasteiger partial charge in [-0.15, -0.1) is 6.58 Å². The average molecular weight is 465 g/mol. The number of thiazole rings is 1. The lowest BCUT2D eigenvalue weighted by molar-refractivity contribution is -0.384. The van der Waals surface area contributed by atoms with Gasteiger partial charge < -0.3 is 9.47 Å². The van der Waals surface area contributed by atoms with Crippen molar-refractivity contribution in [3.05, 3.63) is 75.1 Å². The first-order valence-electron chi connectivity index (χ1n) is 11.3. The van der Waals surface area contributed by atoms with Crippen LogP contribution in [0.5, 0.6) is 0 Å². The van der Waals surface area contributed by atoms with Crippen LogP contribution < -0.4 is 9.70 Å². The number of carbonyl (C=O) groups excluding carboxylic acids is 1. The van der Waals surface area contributed by atoms with Gasteiger partial charge in [0.15, 0.2) is 4.80 Å². The molecule has 1 aliphatic heterocycles. The summed E-state index contributed by atoms with van der Waals surface area (Å²) in [6.45, 7) is 10.2. The molecule has 172 valence electrons. The van der Waals surface area contributed by atoms with E-state index in [-0.39, 0.29) is 11.3 Å². The van der Waals surface area contributed by atoms with Gasteiger partial charge in [-0.25, -0.2) is 0 Å². The fourth-order valence-electron chi connectivity index (χ4n) is 4.20. The third-order valence-corrected chi connectivity index (χ3v) is 7.04. The van der Waals surface area contributed by atoms with Gasteiger partial charge in [0.2, 0.25) is 0 Å². The fourth-order valence-corrected chi connectivity index (χ4v) is 5.28. The van der Waals surface area contributed by atoms with Crippen LogP contribution in [0.15, 0.2) is 54.0 Å². The first-order chi connectivity index (χ1) is 15.9. The molecule has 0 N–H and O–H groups in total. The molecule has 3 aromatic rings. The highest BCUT2D eigenvalue weighted by Gasteiger charge is 2.23. The van der Waals surface area contributed by atoms with E-state index in [0.717, 1.165) is 42.6 Å². The molecule has 0 aliphatic carbocycles. The maximum absolute atomic E-state index is 13.0. The van der Waals surface area contributed by atoms with Crippen LogP contribution in [0, 0.1) is 10.1 Å². The van der Waals surface area contributed by atoms with Gasteiger partial charge in [0, 0.05) is 31.3 Å².